The molecular weight excluding hydrogens is 610 g/mol. The van der Waals surface area contributed by atoms with Gasteiger partial charge < -0.3 is 4.43 Å². The molecule has 4 aromatic carbocycles. The Kier molecular flexibility index (Phi) is 8.65. The lowest BCUT2D eigenvalue weighted by Crippen LogP contribution is -2.66. The largest absolute Gasteiger partial charge is 0.400 e. The first-order valence-electron chi connectivity index (χ1n) is 15.9. The van der Waals surface area contributed by atoms with Gasteiger partial charge in [0.25, 0.3) is 13.9 Å². The van der Waals surface area contributed by atoms with E-state index in [0.717, 1.165) is 10.4 Å². The smallest absolute Gasteiger partial charge is 0.350 e. The highest BCUT2D eigenvalue weighted by atomic mass is 28.4. The number of fused-ring (bicyclic) bond motifs is 1. The number of benzene rings is 4. The van der Waals surface area contributed by atoms with Crippen LogP contribution in [0.15, 0.2) is 113 Å². The first-order chi connectivity index (χ1) is 22.6. The third kappa shape index (κ3) is 5.57. The normalized spacial score (nSPS) is 12.1. The lowest BCUT2D eigenvalue weighted by Gasteiger charge is -2.42. The molecule has 0 fully saturated rings. The summed E-state index contributed by atoms with van der Waals surface area (Å²) < 4.78 is 25.4. The van der Waals surface area contributed by atoms with Crippen LogP contribution in [0.1, 0.15) is 46.1 Å². The Morgan fingerprint density at radius 1 is 0.787 bits per heavy atom. The third-order valence-electron chi connectivity index (χ3n) is 8.68. The molecule has 240 valence electrons. The van der Waals surface area contributed by atoms with Crippen molar-refractivity contribution in [2.24, 2.45) is 0 Å². The van der Waals surface area contributed by atoms with Gasteiger partial charge >= 0.3 is 5.69 Å². The zero-order chi connectivity index (χ0) is 33.3. The summed E-state index contributed by atoms with van der Waals surface area (Å²) in [7, 11) is -2.91. The average Bonchev–Trinajstić information content (AvgIpc) is 3.40. The molecule has 0 atom stereocenters. The summed E-state index contributed by atoms with van der Waals surface area (Å²) in [6, 6.07) is 31.6. The van der Waals surface area contributed by atoms with E-state index in [4.69, 9.17) is 9.52 Å². The Morgan fingerprint density at radius 2 is 1.43 bits per heavy atom. The molecule has 0 saturated heterocycles. The van der Waals surface area contributed by atoms with Crippen LogP contribution >= 0.6 is 0 Å². The Hall–Kier alpha value is -4.93. The molecule has 2 aromatic heterocycles. The van der Waals surface area contributed by atoms with E-state index in [1.807, 2.05) is 50.2 Å². The Labute approximate surface area is 273 Å². The maximum Gasteiger partial charge on any atom is 0.350 e. The number of nitrogens with zero attached hydrogens (tertiary/aromatic N) is 5. The summed E-state index contributed by atoms with van der Waals surface area (Å²) in [6.07, 6.45) is 0.468. The second-order valence-electron chi connectivity index (χ2n) is 12.5. The highest BCUT2D eigenvalue weighted by Crippen LogP contribution is 2.37. The number of halogens is 1. The number of aromatic nitrogens is 5. The molecule has 0 amide bonds. The standard InChI is InChI=1S/C37H38FN5O3Si/c1-6-31-34-30(35(44)42(39-31)27-17-14-16-26(38)24-27)22-15-23-32(34)43-36(45)41(7-2)33(40-43)25-46-47(37(3,4)5,28-18-10-8-11-19-28)29-20-12-9-13-21-29/h8-24H,6-7,25H2,1-5H3. The second-order valence-corrected chi connectivity index (χ2v) is 16.8. The van der Waals surface area contributed by atoms with Crippen LogP contribution in [0.4, 0.5) is 4.39 Å². The summed E-state index contributed by atoms with van der Waals surface area (Å²) in [5.74, 6) is 0.0224. The van der Waals surface area contributed by atoms with Gasteiger partial charge in [-0.05, 0) is 59.1 Å². The number of rotatable bonds is 9. The lowest BCUT2D eigenvalue weighted by molar-refractivity contribution is 0.270. The van der Waals surface area contributed by atoms with E-state index < -0.39 is 19.7 Å². The fourth-order valence-corrected chi connectivity index (χ4v) is 11.0. The minimum Gasteiger partial charge on any atom is -0.400 e. The van der Waals surface area contributed by atoms with Gasteiger partial charge in [0.2, 0.25) is 0 Å². The van der Waals surface area contributed by atoms with Crippen LogP contribution in [0.25, 0.3) is 22.1 Å². The van der Waals surface area contributed by atoms with Gasteiger partial charge in [0, 0.05) is 11.9 Å². The van der Waals surface area contributed by atoms with E-state index in [1.165, 1.54) is 21.5 Å². The van der Waals surface area contributed by atoms with Crippen molar-refractivity contribution < 1.29 is 8.82 Å². The molecule has 0 aliphatic carbocycles. The number of hydrogen-bond donors (Lipinski definition) is 0. The number of hydrogen-bond acceptors (Lipinski definition) is 5. The minimum atomic E-state index is -2.91. The molecule has 0 radical (unpaired) electrons. The highest BCUT2D eigenvalue weighted by molar-refractivity contribution is 6.99. The van der Waals surface area contributed by atoms with Crippen LogP contribution in [0.5, 0.6) is 0 Å². The van der Waals surface area contributed by atoms with Gasteiger partial charge in [0.15, 0.2) is 5.82 Å². The molecule has 0 spiro atoms. The zero-order valence-corrected chi connectivity index (χ0v) is 28.3. The molecule has 8 nitrogen and oxygen atoms in total. The maximum atomic E-state index is 14.1. The van der Waals surface area contributed by atoms with Gasteiger partial charge in [0.05, 0.1) is 29.1 Å². The summed E-state index contributed by atoms with van der Waals surface area (Å²) in [5.41, 5.74) is 0.620. The molecule has 6 rings (SSSR count). The van der Waals surface area contributed by atoms with Crippen molar-refractivity contribution in [3.8, 4) is 11.4 Å². The van der Waals surface area contributed by atoms with Crippen molar-refractivity contribution in [2.45, 2.75) is 59.2 Å². The van der Waals surface area contributed by atoms with Crippen LogP contribution in [-0.2, 0) is 24.0 Å². The van der Waals surface area contributed by atoms with E-state index in [0.29, 0.717) is 46.6 Å². The first kappa shape index (κ1) is 32.0. The van der Waals surface area contributed by atoms with E-state index >= 15 is 0 Å². The van der Waals surface area contributed by atoms with Gasteiger partial charge in [-0.15, -0.1) is 5.10 Å². The molecule has 2 heterocycles. The van der Waals surface area contributed by atoms with Gasteiger partial charge in [0.1, 0.15) is 5.82 Å². The van der Waals surface area contributed by atoms with Crippen molar-refractivity contribution in [1.29, 1.82) is 0 Å². The molecule has 6 aromatic rings. The van der Waals surface area contributed by atoms with Crippen molar-refractivity contribution in [3.05, 3.63) is 141 Å². The monoisotopic (exact) mass is 647 g/mol. The van der Waals surface area contributed by atoms with Gasteiger partial charge in [-0.25, -0.2) is 9.18 Å². The van der Waals surface area contributed by atoms with E-state index in [-0.39, 0.29) is 17.3 Å². The van der Waals surface area contributed by atoms with Crippen LogP contribution in [0.2, 0.25) is 5.04 Å². The van der Waals surface area contributed by atoms with Crippen molar-refractivity contribution in [1.82, 2.24) is 24.1 Å². The van der Waals surface area contributed by atoms with E-state index in [1.54, 1.807) is 34.9 Å². The minimum absolute atomic E-state index is 0.111. The molecule has 10 heteroatoms. The predicted octanol–water partition coefficient (Wildman–Crippen LogP) is 5.53. The molecule has 0 bridgehead atoms. The third-order valence-corrected chi connectivity index (χ3v) is 13.7. The maximum absolute atomic E-state index is 14.1. The Morgan fingerprint density at radius 3 is 2.00 bits per heavy atom. The van der Waals surface area contributed by atoms with Crippen LogP contribution in [-0.4, -0.2) is 32.4 Å². The summed E-state index contributed by atoms with van der Waals surface area (Å²) in [5, 5.41) is 12.4. The second kappa shape index (κ2) is 12.7. The SMILES string of the molecule is CCc1nn(-c2cccc(F)c2)c(=O)c2cccc(-n3nc(CO[Si](c4ccccc4)(c4ccccc4)C(C)(C)C)n(CC)c3=O)c12. The topological polar surface area (TPSA) is 83.9 Å². The van der Waals surface area contributed by atoms with Crippen LogP contribution < -0.4 is 21.6 Å². The molecular formula is C37H38FN5O3Si. The fraction of sp³-hybridized carbons (Fsp3) is 0.243. The van der Waals surface area contributed by atoms with Gasteiger partial charge in [-0.3, -0.25) is 9.36 Å². The predicted molar refractivity (Wildman–Crippen MR) is 186 cm³/mol. The zero-order valence-electron chi connectivity index (χ0n) is 27.3. The van der Waals surface area contributed by atoms with E-state index in [2.05, 4.69) is 50.1 Å². The van der Waals surface area contributed by atoms with Gasteiger partial charge in [-0.2, -0.15) is 14.5 Å². The summed E-state index contributed by atoms with van der Waals surface area (Å²) in [4.78, 5) is 27.7. The van der Waals surface area contributed by atoms with Crippen LogP contribution in [0, 0.1) is 5.82 Å². The van der Waals surface area contributed by atoms with E-state index in [9.17, 15) is 14.0 Å². The van der Waals surface area contributed by atoms with Crippen molar-refractivity contribution in [3.63, 3.8) is 0 Å². The molecule has 0 N–H and O–H groups in total. The molecule has 0 aliphatic rings. The molecule has 0 aliphatic heterocycles. The highest BCUT2D eigenvalue weighted by Gasteiger charge is 2.50. The summed E-state index contributed by atoms with van der Waals surface area (Å²) >= 11 is 0. The lowest BCUT2D eigenvalue weighted by atomic mass is 10.1. The molecule has 0 unspecified atom stereocenters. The quantitative estimate of drug-likeness (QED) is 0.193. The average molecular weight is 648 g/mol. The summed E-state index contributed by atoms with van der Waals surface area (Å²) in [6.45, 7) is 10.9. The Balaban J connectivity index is 1.50. The molecule has 47 heavy (non-hydrogen) atoms. The molecule has 0 saturated carbocycles. The fourth-order valence-electron chi connectivity index (χ4n) is 6.51. The van der Waals surface area contributed by atoms with Gasteiger partial charge in [-0.1, -0.05) is 100 Å². The number of aryl methyl sites for hydroxylation is 1. The first-order valence-corrected chi connectivity index (χ1v) is 17.8. The van der Waals surface area contributed by atoms with Crippen molar-refractivity contribution >= 4 is 29.5 Å². The van der Waals surface area contributed by atoms with Crippen molar-refractivity contribution in [2.75, 3.05) is 0 Å². The van der Waals surface area contributed by atoms with Crippen LogP contribution in [0.3, 0.4) is 0 Å². The Bertz CT molecular complexity index is 2130.